The molecule has 2 N–H and O–H groups in total. The molecule has 0 spiro atoms. The summed E-state index contributed by atoms with van der Waals surface area (Å²) in [5.74, 6) is 0.294. The SMILES string of the molecule is COCC(C)OC(=O)c1cc(OC)cc(OC)c1N. The number of nitrogens with two attached hydrogens (primary N) is 1. The van der Waals surface area contributed by atoms with Crippen LogP contribution in [0.2, 0.25) is 0 Å². The number of methoxy groups -OCH3 is 3. The quantitative estimate of drug-likeness (QED) is 0.622. The highest BCUT2D eigenvalue weighted by Crippen LogP contribution is 2.31. The number of ether oxygens (including phenoxy) is 4. The zero-order valence-electron chi connectivity index (χ0n) is 11.6. The Balaban J connectivity index is 3.01. The minimum Gasteiger partial charge on any atom is -0.497 e. The lowest BCUT2D eigenvalue weighted by Gasteiger charge is -2.15. The molecule has 0 aliphatic carbocycles. The Hall–Kier alpha value is -1.95. The van der Waals surface area contributed by atoms with Crippen LogP contribution in [0.25, 0.3) is 0 Å². The zero-order chi connectivity index (χ0) is 14.4. The lowest BCUT2D eigenvalue weighted by molar-refractivity contribution is 0.0121. The fourth-order valence-corrected chi connectivity index (χ4v) is 1.57. The van der Waals surface area contributed by atoms with Crippen molar-refractivity contribution in [2.45, 2.75) is 13.0 Å². The van der Waals surface area contributed by atoms with E-state index < -0.39 is 5.97 Å². The van der Waals surface area contributed by atoms with Gasteiger partial charge in [0.15, 0.2) is 0 Å². The van der Waals surface area contributed by atoms with Crippen molar-refractivity contribution in [2.24, 2.45) is 0 Å². The number of carbonyl (C=O) groups excluding carboxylic acids is 1. The van der Waals surface area contributed by atoms with Crippen molar-refractivity contribution in [3.05, 3.63) is 17.7 Å². The van der Waals surface area contributed by atoms with Gasteiger partial charge in [-0.3, -0.25) is 0 Å². The molecule has 1 aromatic rings. The summed E-state index contributed by atoms with van der Waals surface area (Å²) in [6.45, 7) is 2.04. The van der Waals surface area contributed by atoms with E-state index in [1.165, 1.54) is 27.4 Å². The Kier molecular flexibility index (Phi) is 5.44. The molecule has 0 radical (unpaired) electrons. The van der Waals surface area contributed by atoms with Crippen LogP contribution in [0.15, 0.2) is 12.1 Å². The van der Waals surface area contributed by atoms with Gasteiger partial charge in [0.05, 0.1) is 32.1 Å². The molecule has 0 amide bonds. The van der Waals surface area contributed by atoms with Crippen molar-refractivity contribution in [2.75, 3.05) is 33.7 Å². The van der Waals surface area contributed by atoms with Gasteiger partial charge in [0, 0.05) is 13.2 Å². The van der Waals surface area contributed by atoms with E-state index >= 15 is 0 Å². The maximum atomic E-state index is 12.0. The molecule has 0 aliphatic rings. The molecule has 0 saturated carbocycles. The molecule has 0 saturated heterocycles. The third kappa shape index (κ3) is 3.75. The van der Waals surface area contributed by atoms with E-state index in [1.807, 2.05) is 0 Å². The Labute approximate surface area is 112 Å². The van der Waals surface area contributed by atoms with Crippen molar-refractivity contribution in [3.8, 4) is 11.5 Å². The van der Waals surface area contributed by atoms with Crippen molar-refractivity contribution < 1.29 is 23.7 Å². The van der Waals surface area contributed by atoms with Crippen LogP contribution >= 0.6 is 0 Å². The minimum absolute atomic E-state index is 0.208. The standard InChI is InChI=1S/C13H19NO5/c1-8(7-16-2)19-13(15)10-5-9(17-3)6-11(18-4)12(10)14/h5-6,8H,7,14H2,1-4H3. The first-order chi connectivity index (χ1) is 9.03. The molecule has 6 nitrogen and oxygen atoms in total. The molecular formula is C13H19NO5. The van der Waals surface area contributed by atoms with Crippen LogP contribution in [0.3, 0.4) is 0 Å². The van der Waals surface area contributed by atoms with Gasteiger partial charge in [0.1, 0.15) is 17.6 Å². The predicted octanol–water partition coefficient (Wildman–Crippen LogP) is 1.48. The number of benzene rings is 1. The predicted molar refractivity (Wildman–Crippen MR) is 70.7 cm³/mol. The second-order valence-corrected chi connectivity index (χ2v) is 3.96. The number of hydrogen-bond acceptors (Lipinski definition) is 6. The maximum absolute atomic E-state index is 12.0. The highest BCUT2D eigenvalue weighted by Gasteiger charge is 2.19. The largest absolute Gasteiger partial charge is 0.497 e. The molecule has 1 rings (SSSR count). The van der Waals surface area contributed by atoms with Gasteiger partial charge in [0.2, 0.25) is 0 Å². The first kappa shape index (κ1) is 15.1. The summed E-state index contributed by atoms with van der Waals surface area (Å²) in [6.07, 6.45) is -0.367. The monoisotopic (exact) mass is 269 g/mol. The van der Waals surface area contributed by atoms with Gasteiger partial charge in [0.25, 0.3) is 0 Å². The van der Waals surface area contributed by atoms with Crippen LogP contribution in [0, 0.1) is 0 Å². The van der Waals surface area contributed by atoms with Crippen LogP contribution in [-0.2, 0) is 9.47 Å². The van der Waals surface area contributed by atoms with Gasteiger partial charge >= 0.3 is 5.97 Å². The van der Waals surface area contributed by atoms with Crippen LogP contribution in [0.4, 0.5) is 5.69 Å². The fraction of sp³-hybridized carbons (Fsp3) is 0.462. The molecule has 1 atom stereocenters. The summed E-state index contributed by atoms with van der Waals surface area (Å²) in [5.41, 5.74) is 6.28. The summed E-state index contributed by atoms with van der Waals surface area (Å²) in [5, 5.41) is 0. The summed E-state index contributed by atoms with van der Waals surface area (Å²) in [4.78, 5) is 12.0. The Bertz CT molecular complexity index is 447. The van der Waals surface area contributed by atoms with Crippen molar-refractivity contribution >= 4 is 11.7 Å². The molecule has 1 aromatic carbocycles. The molecule has 1 unspecified atom stereocenters. The van der Waals surface area contributed by atoms with Gasteiger partial charge in [-0.1, -0.05) is 0 Å². The van der Waals surface area contributed by atoms with Crippen LogP contribution in [-0.4, -0.2) is 40.0 Å². The first-order valence-corrected chi connectivity index (χ1v) is 5.74. The number of esters is 1. The van der Waals surface area contributed by atoms with Crippen molar-refractivity contribution in [1.29, 1.82) is 0 Å². The van der Waals surface area contributed by atoms with E-state index in [1.54, 1.807) is 13.0 Å². The molecule has 0 bridgehead atoms. The average molecular weight is 269 g/mol. The highest BCUT2D eigenvalue weighted by atomic mass is 16.6. The summed E-state index contributed by atoms with van der Waals surface area (Å²) in [7, 11) is 4.49. The Morgan fingerprint density at radius 2 is 1.95 bits per heavy atom. The van der Waals surface area contributed by atoms with Crippen molar-refractivity contribution in [3.63, 3.8) is 0 Å². The summed E-state index contributed by atoms with van der Waals surface area (Å²) in [6, 6.07) is 3.12. The van der Waals surface area contributed by atoms with Crippen molar-refractivity contribution in [1.82, 2.24) is 0 Å². The topological polar surface area (TPSA) is 80.0 Å². The molecule has 0 aliphatic heterocycles. The number of carbonyl (C=O) groups is 1. The van der Waals surface area contributed by atoms with Gasteiger partial charge in [-0.15, -0.1) is 0 Å². The van der Waals surface area contributed by atoms with Crippen LogP contribution in [0.5, 0.6) is 11.5 Å². The van der Waals surface area contributed by atoms with Gasteiger partial charge < -0.3 is 24.7 Å². The molecule has 0 fully saturated rings. The van der Waals surface area contributed by atoms with Gasteiger partial charge in [-0.05, 0) is 13.0 Å². The Morgan fingerprint density at radius 1 is 1.26 bits per heavy atom. The van der Waals surface area contributed by atoms with Gasteiger partial charge in [-0.2, -0.15) is 0 Å². The summed E-state index contributed by atoms with van der Waals surface area (Å²) < 4.78 is 20.3. The van der Waals surface area contributed by atoms with E-state index in [4.69, 9.17) is 24.7 Å². The van der Waals surface area contributed by atoms with Crippen LogP contribution in [0.1, 0.15) is 17.3 Å². The third-order valence-corrected chi connectivity index (χ3v) is 2.50. The van der Waals surface area contributed by atoms with E-state index in [0.717, 1.165) is 0 Å². The maximum Gasteiger partial charge on any atom is 0.340 e. The zero-order valence-corrected chi connectivity index (χ0v) is 11.6. The molecule has 106 valence electrons. The second-order valence-electron chi connectivity index (χ2n) is 3.96. The molecule has 19 heavy (non-hydrogen) atoms. The average Bonchev–Trinajstić information content (AvgIpc) is 2.39. The number of hydrogen-bond donors (Lipinski definition) is 1. The molecule has 0 heterocycles. The van der Waals surface area contributed by atoms with E-state index in [2.05, 4.69) is 0 Å². The second kappa shape index (κ2) is 6.84. The smallest absolute Gasteiger partial charge is 0.340 e. The fourth-order valence-electron chi connectivity index (χ4n) is 1.57. The molecule has 6 heteroatoms. The van der Waals surface area contributed by atoms with Crippen LogP contribution < -0.4 is 15.2 Å². The minimum atomic E-state index is -0.542. The number of nitrogen functional groups attached to an aromatic ring is 1. The van der Waals surface area contributed by atoms with E-state index in [0.29, 0.717) is 18.1 Å². The Morgan fingerprint density at radius 3 is 2.47 bits per heavy atom. The number of rotatable bonds is 6. The van der Waals surface area contributed by atoms with E-state index in [-0.39, 0.29) is 17.4 Å². The lowest BCUT2D eigenvalue weighted by atomic mass is 10.1. The lowest BCUT2D eigenvalue weighted by Crippen LogP contribution is -2.20. The molecular weight excluding hydrogens is 250 g/mol. The van der Waals surface area contributed by atoms with Gasteiger partial charge in [-0.25, -0.2) is 4.79 Å². The normalized spacial score (nSPS) is 11.8. The third-order valence-electron chi connectivity index (χ3n) is 2.50. The van der Waals surface area contributed by atoms with E-state index in [9.17, 15) is 4.79 Å². The summed E-state index contributed by atoms with van der Waals surface area (Å²) >= 11 is 0. The molecule has 0 aromatic heterocycles. The first-order valence-electron chi connectivity index (χ1n) is 5.74. The highest BCUT2D eigenvalue weighted by molar-refractivity contribution is 5.97. The number of anilines is 1.